The summed E-state index contributed by atoms with van der Waals surface area (Å²) >= 11 is 0. The molecule has 0 aliphatic carbocycles. The van der Waals surface area contributed by atoms with E-state index in [1.54, 1.807) is 6.20 Å². The maximum absolute atomic E-state index is 5.74. The normalized spacial score (nSPS) is 12.6. The van der Waals surface area contributed by atoms with Crippen LogP contribution in [0.1, 0.15) is 6.92 Å². The lowest BCUT2D eigenvalue weighted by Crippen LogP contribution is -2.26. The van der Waals surface area contributed by atoms with Crippen molar-refractivity contribution in [2.75, 3.05) is 13.6 Å². The molecular formula is C13H16N2O. The van der Waals surface area contributed by atoms with Crippen LogP contribution in [0.15, 0.2) is 36.5 Å². The SMILES string of the molecule is CNCC(C)Oc1cnc2ccccc2c1. The quantitative estimate of drug-likeness (QED) is 0.851. The van der Waals surface area contributed by atoms with E-state index in [2.05, 4.69) is 10.3 Å². The molecule has 2 rings (SSSR count). The largest absolute Gasteiger partial charge is 0.488 e. The summed E-state index contributed by atoms with van der Waals surface area (Å²) in [5.41, 5.74) is 0.996. The van der Waals surface area contributed by atoms with E-state index in [4.69, 9.17) is 4.74 Å². The molecule has 3 heteroatoms. The molecule has 0 bridgehead atoms. The molecule has 0 aliphatic heterocycles. The molecule has 0 saturated heterocycles. The summed E-state index contributed by atoms with van der Waals surface area (Å²) in [7, 11) is 1.92. The molecule has 0 radical (unpaired) electrons. The van der Waals surface area contributed by atoms with Crippen LogP contribution < -0.4 is 10.1 Å². The highest BCUT2D eigenvalue weighted by Crippen LogP contribution is 2.18. The van der Waals surface area contributed by atoms with E-state index in [1.165, 1.54) is 0 Å². The van der Waals surface area contributed by atoms with Crippen LogP contribution in [0, 0.1) is 0 Å². The van der Waals surface area contributed by atoms with Crippen LogP contribution in [-0.2, 0) is 0 Å². The van der Waals surface area contributed by atoms with Gasteiger partial charge < -0.3 is 10.1 Å². The Labute approximate surface area is 95.5 Å². The monoisotopic (exact) mass is 216 g/mol. The van der Waals surface area contributed by atoms with Gasteiger partial charge in [0, 0.05) is 11.9 Å². The summed E-state index contributed by atoms with van der Waals surface area (Å²) in [5, 5.41) is 4.19. The Morgan fingerprint density at radius 3 is 3.00 bits per heavy atom. The van der Waals surface area contributed by atoms with Crippen LogP contribution in [0.5, 0.6) is 5.75 Å². The minimum atomic E-state index is 0.146. The van der Waals surface area contributed by atoms with Gasteiger partial charge in [-0.15, -0.1) is 0 Å². The Bertz CT molecular complexity index is 470. The van der Waals surface area contributed by atoms with Gasteiger partial charge in [0.2, 0.25) is 0 Å². The topological polar surface area (TPSA) is 34.1 Å². The van der Waals surface area contributed by atoms with Crippen molar-refractivity contribution in [3.63, 3.8) is 0 Å². The maximum atomic E-state index is 5.74. The fraction of sp³-hybridized carbons (Fsp3) is 0.308. The Kier molecular flexibility index (Phi) is 3.37. The Morgan fingerprint density at radius 1 is 1.38 bits per heavy atom. The van der Waals surface area contributed by atoms with E-state index in [-0.39, 0.29) is 6.10 Å². The molecule has 16 heavy (non-hydrogen) atoms. The zero-order chi connectivity index (χ0) is 11.4. The van der Waals surface area contributed by atoms with Crippen molar-refractivity contribution >= 4 is 10.9 Å². The van der Waals surface area contributed by atoms with Crippen molar-refractivity contribution in [2.24, 2.45) is 0 Å². The number of hydrogen-bond acceptors (Lipinski definition) is 3. The summed E-state index contributed by atoms with van der Waals surface area (Å²) in [6.45, 7) is 2.86. The number of likely N-dealkylation sites (N-methyl/N-ethyl adjacent to an activating group) is 1. The van der Waals surface area contributed by atoms with Crippen LogP contribution >= 0.6 is 0 Å². The fourth-order valence-corrected chi connectivity index (χ4v) is 1.68. The molecule has 0 saturated carbocycles. The number of aromatic nitrogens is 1. The average molecular weight is 216 g/mol. The molecule has 1 unspecified atom stereocenters. The highest BCUT2D eigenvalue weighted by molar-refractivity contribution is 5.79. The molecule has 84 valence electrons. The number of ether oxygens (including phenoxy) is 1. The van der Waals surface area contributed by atoms with Gasteiger partial charge in [-0.3, -0.25) is 4.98 Å². The number of nitrogens with zero attached hydrogens (tertiary/aromatic N) is 1. The van der Waals surface area contributed by atoms with Crippen molar-refractivity contribution in [3.05, 3.63) is 36.5 Å². The number of fused-ring (bicyclic) bond motifs is 1. The first-order valence-corrected chi connectivity index (χ1v) is 5.45. The summed E-state index contributed by atoms with van der Waals surface area (Å²) in [6.07, 6.45) is 1.92. The molecule has 3 nitrogen and oxygen atoms in total. The highest BCUT2D eigenvalue weighted by Gasteiger charge is 2.03. The smallest absolute Gasteiger partial charge is 0.138 e. The Hall–Kier alpha value is -1.61. The fourth-order valence-electron chi connectivity index (χ4n) is 1.68. The van der Waals surface area contributed by atoms with Crippen molar-refractivity contribution < 1.29 is 4.74 Å². The Balaban J connectivity index is 2.19. The van der Waals surface area contributed by atoms with Crippen molar-refractivity contribution in [1.29, 1.82) is 0 Å². The van der Waals surface area contributed by atoms with Crippen LogP contribution in [0.25, 0.3) is 10.9 Å². The van der Waals surface area contributed by atoms with E-state index in [9.17, 15) is 0 Å². The second-order valence-electron chi connectivity index (χ2n) is 3.85. The van der Waals surface area contributed by atoms with Gasteiger partial charge in [-0.05, 0) is 26.1 Å². The van der Waals surface area contributed by atoms with E-state index in [0.717, 1.165) is 23.2 Å². The number of hydrogen-bond donors (Lipinski definition) is 1. The van der Waals surface area contributed by atoms with Gasteiger partial charge in [0.15, 0.2) is 0 Å². The van der Waals surface area contributed by atoms with E-state index >= 15 is 0 Å². The summed E-state index contributed by atoms with van der Waals surface area (Å²) < 4.78 is 5.74. The lowest BCUT2D eigenvalue weighted by atomic mass is 10.2. The van der Waals surface area contributed by atoms with E-state index in [0.29, 0.717) is 0 Å². The standard InChI is InChI=1S/C13H16N2O/c1-10(8-14-2)16-12-7-11-5-3-4-6-13(11)15-9-12/h3-7,9-10,14H,8H2,1-2H3. The number of para-hydroxylation sites is 1. The van der Waals surface area contributed by atoms with Crippen LogP contribution in [0.3, 0.4) is 0 Å². The summed E-state index contributed by atoms with van der Waals surface area (Å²) in [4.78, 5) is 4.35. The summed E-state index contributed by atoms with van der Waals surface area (Å²) in [5.74, 6) is 0.821. The minimum Gasteiger partial charge on any atom is -0.488 e. The zero-order valence-corrected chi connectivity index (χ0v) is 9.60. The van der Waals surface area contributed by atoms with E-state index in [1.807, 2.05) is 44.3 Å². The molecule has 1 heterocycles. The van der Waals surface area contributed by atoms with Gasteiger partial charge in [-0.25, -0.2) is 0 Å². The lowest BCUT2D eigenvalue weighted by Gasteiger charge is -2.14. The summed E-state index contributed by atoms with van der Waals surface area (Å²) in [6, 6.07) is 10.0. The maximum Gasteiger partial charge on any atom is 0.138 e. The molecule has 0 aliphatic rings. The molecule has 2 aromatic rings. The molecule has 1 N–H and O–H groups in total. The van der Waals surface area contributed by atoms with E-state index < -0.39 is 0 Å². The van der Waals surface area contributed by atoms with Gasteiger partial charge in [0.25, 0.3) is 0 Å². The van der Waals surface area contributed by atoms with Crippen molar-refractivity contribution in [3.8, 4) is 5.75 Å². The van der Waals surface area contributed by atoms with Crippen LogP contribution in [0.4, 0.5) is 0 Å². The molecule has 0 amide bonds. The molecule has 0 fully saturated rings. The van der Waals surface area contributed by atoms with Gasteiger partial charge in [-0.2, -0.15) is 0 Å². The number of benzene rings is 1. The number of nitrogens with one attached hydrogen (secondary N) is 1. The number of rotatable bonds is 4. The first-order chi connectivity index (χ1) is 7.79. The second kappa shape index (κ2) is 4.94. The first-order valence-electron chi connectivity index (χ1n) is 5.45. The van der Waals surface area contributed by atoms with Gasteiger partial charge in [-0.1, -0.05) is 18.2 Å². The average Bonchev–Trinajstić information content (AvgIpc) is 2.29. The van der Waals surface area contributed by atoms with Crippen LogP contribution in [0.2, 0.25) is 0 Å². The number of pyridine rings is 1. The van der Waals surface area contributed by atoms with Crippen LogP contribution in [-0.4, -0.2) is 24.7 Å². The predicted octanol–water partition coefficient (Wildman–Crippen LogP) is 2.22. The third-order valence-electron chi connectivity index (χ3n) is 2.39. The minimum absolute atomic E-state index is 0.146. The molecule has 0 spiro atoms. The lowest BCUT2D eigenvalue weighted by molar-refractivity contribution is 0.220. The molecule has 1 atom stereocenters. The predicted molar refractivity (Wildman–Crippen MR) is 65.8 cm³/mol. The van der Waals surface area contributed by atoms with Gasteiger partial charge in [0.1, 0.15) is 11.9 Å². The zero-order valence-electron chi connectivity index (χ0n) is 9.60. The Morgan fingerprint density at radius 2 is 2.19 bits per heavy atom. The first kappa shape index (κ1) is 10.9. The molecule has 1 aromatic carbocycles. The third-order valence-corrected chi connectivity index (χ3v) is 2.39. The van der Waals surface area contributed by atoms with Gasteiger partial charge >= 0.3 is 0 Å². The van der Waals surface area contributed by atoms with Gasteiger partial charge in [0.05, 0.1) is 11.7 Å². The molecular weight excluding hydrogens is 200 g/mol. The van der Waals surface area contributed by atoms with Crippen molar-refractivity contribution in [1.82, 2.24) is 10.3 Å². The third kappa shape index (κ3) is 2.49. The van der Waals surface area contributed by atoms with Crippen molar-refractivity contribution in [2.45, 2.75) is 13.0 Å². The molecule has 1 aromatic heterocycles. The highest BCUT2D eigenvalue weighted by atomic mass is 16.5. The second-order valence-corrected chi connectivity index (χ2v) is 3.85.